The van der Waals surface area contributed by atoms with Crippen LogP contribution in [0.2, 0.25) is 0 Å². The summed E-state index contributed by atoms with van der Waals surface area (Å²) < 4.78 is 5.34. The van der Waals surface area contributed by atoms with E-state index < -0.39 is 0 Å². The molecule has 17 heavy (non-hydrogen) atoms. The Morgan fingerprint density at radius 3 is 2.47 bits per heavy atom. The molecule has 0 spiro atoms. The standard InChI is InChI=1S/C14H17NO2/c16-10-12-9-14(12)11-1-3-13(4-2-11)15-5-7-17-8-6-15/h1-4,10,12,14H,5-9H2. The van der Waals surface area contributed by atoms with Gasteiger partial charge in [-0.15, -0.1) is 0 Å². The third kappa shape index (κ3) is 2.20. The van der Waals surface area contributed by atoms with E-state index in [1.807, 2.05) is 0 Å². The zero-order chi connectivity index (χ0) is 11.7. The van der Waals surface area contributed by atoms with Gasteiger partial charge in [0.2, 0.25) is 0 Å². The summed E-state index contributed by atoms with van der Waals surface area (Å²) in [5.74, 6) is 0.746. The lowest BCUT2D eigenvalue weighted by molar-refractivity contribution is -0.108. The number of carbonyl (C=O) groups is 1. The minimum atomic E-state index is 0.268. The highest BCUT2D eigenvalue weighted by molar-refractivity contribution is 5.62. The van der Waals surface area contributed by atoms with Gasteiger partial charge >= 0.3 is 0 Å². The molecule has 3 rings (SSSR count). The van der Waals surface area contributed by atoms with Crippen LogP contribution in [-0.2, 0) is 9.53 Å². The van der Waals surface area contributed by atoms with E-state index in [1.165, 1.54) is 11.3 Å². The molecule has 1 aromatic carbocycles. The van der Waals surface area contributed by atoms with Crippen LogP contribution < -0.4 is 4.90 Å². The fraction of sp³-hybridized carbons (Fsp3) is 0.500. The van der Waals surface area contributed by atoms with Crippen molar-refractivity contribution in [2.75, 3.05) is 31.2 Å². The first kappa shape index (κ1) is 10.8. The molecule has 2 aliphatic rings. The van der Waals surface area contributed by atoms with Crippen LogP contribution in [0.15, 0.2) is 24.3 Å². The lowest BCUT2D eigenvalue weighted by Crippen LogP contribution is -2.36. The smallest absolute Gasteiger partial charge is 0.123 e. The van der Waals surface area contributed by atoms with Gasteiger partial charge in [0, 0.05) is 24.7 Å². The molecule has 2 atom stereocenters. The maximum atomic E-state index is 10.6. The van der Waals surface area contributed by atoms with Crippen molar-refractivity contribution in [1.29, 1.82) is 0 Å². The predicted molar refractivity (Wildman–Crippen MR) is 66.4 cm³/mol. The van der Waals surface area contributed by atoms with Gasteiger partial charge in [0.1, 0.15) is 6.29 Å². The largest absolute Gasteiger partial charge is 0.378 e. The van der Waals surface area contributed by atoms with Crippen LogP contribution >= 0.6 is 0 Å². The highest BCUT2D eigenvalue weighted by Crippen LogP contribution is 2.46. The normalized spacial score (nSPS) is 27.9. The predicted octanol–water partition coefficient (Wildman–Crippen LogP) is 1.83. The molecule has 1 aromatic rings. The number of aldehydes is 1. The van der Waals surface area contributed by atoms with Crippen molar-refractivity contribution in [1.82, 2.24) is 0 Å². The summed E-state index contributed by atoms with van der Waals surface area (Å²) in [4.78, 5) is 13.0. The quantitative estimate of drug-likeness (QED) is 0.743. The zero-order valence-electron chi connectivity index (χ0n) is 9.84. The molecule has 2 fully saturated rings. The van der Waals surface area contributed by atoms with Crippen LogP contribution in [0.1, 0.15) is 17.9 Å². The number of anilines is 1. The van der Waals surface area contributed by atoms with Gasteiger partial charge in [0.05, 0.1) is 13.2 Å². The Hall–Kier alpha value is -1.35. The molecule has 2 unspecified atom stereocenters. The van der Waals surface area contributed by atoms with Crippen LogP contribution in [0.4, 0.5) is 5.69 Å². The summed E-state index contributed by atoms with van der Waals surface area (Å²) in [5, 5.41) is 0. The maximum Gasteiger partial charge on any atom is 0.123 e. The molecule has 0 N–H and O–H groups in total. The van der Waals surface area contributed by atoms with Crippen molar-refractivity contribution in [3.63, 3.8) is 0 Å². The second-order valence-electron chi connectivity index (χ2n) is 4.83. The zero-order valence-corrected chi connectivity index (χ0v) is 9.84. The van der Waals surface area contributed by atoms with E-state index in [-0.39, 0.29) is 5.92 Å². The van der Waals surface area contributed by atoms with Gasteiger partial charge < -0.3 is 14.4 Å². The van der Waals surface area contributed by atoms with Crippen LogP contribution in [0.3, 0.4) is 0 Å². The van der Waals surface area contributed by atoms with Crippen molar-refractivity contribution in [3.8, 4) is 0 Å². The van der Waals surface area contributed by atoms with E-state index in [9.17, 15) is 4.79 Å². The van der Waals surface area contributed by atoms with Crippen molar-refractivity contribution in [3.05, 3.63) is 29.8 Å². The van der Waals surface area contributed by atoms with E-state index in [1.54, 1.807) is 0 Å². The van der Waals surface area contributed by atoms with Gasteiger partial charge in [-0.3, -0.25) is 0 Å². The Morgan fingerprint density at radius 1 is 1.18 bits per heavy atom. The van der Waals surface area contributed by atoms with Gasteiger partial charge in [-0.2, -0.15) is 0 Å². The average Bonchev–Trinajstić information content (AvgIpc) is 3.19. The first-order valence-corrected chi connectivity index (χ1v) is 6.26. The highest BCUT2D eigenvalue weighted by Gasteiger charge is 2.37. The molecule has 0 radical (unpaired) electrons. The van der Waals surface area contributed by atoms with Gasteiger partial charge in [-0.1, -0.05) is 12.1 Å². The monoisotopic (exact) mass is 231 g/mol. The van der Waals surface area contributed by atoms with Gasteiger partial charge in [0.15, 0.2) is 0 Å². The number of hydrogen-bond donors (Lipinski definition) is 0. The van der Waals surface area contributed by atoms with Gasteiger partial charge in [-0.05, 0) is 30.0 Å². The summed E-state index contributed by atoms with van der Waals surface area (Å²) in [6.07, 6.45) is 2.11. The Morgan fingerprint density at radius 2 is 1.88 bits per heavy atom. The molecule has 3 nitrogen and oxygen atoms in total. The number of benzene rings is 1. The van der Waals surface area contributed by atoms with E-state index in [0.717, 1.165) is 39.0 Å². The fourth-order valence-electron chi connectivity index (χ4n) is 2.50. The van der Waals surface area contributed by atoms with Gasteiger partial charge in [0.25, 0.3) is 0 Å². The molecule has 0 amide bonds. The number of carbonyl (C=O) groups excluding carboxylic acids is 1. The average molecular weight is 231 g/mol. The molecule has 3 heteroatoms. The highest BCUT2D eigenvalue weighted by atomic mass is 16.5. The van der Waals surface area contributed by atoms with Gasteiger partial charge in [-0.25, -0.2) is 0 Å². The minimum Gasteiger partial charge on any atom is -0.378 e. The SMILES string of the molecule is O=CC1CC1c1ccc(N2CCOCC2)cc1. The lowest BCUT2D eigenvalue weighted by Gasteiger charge is -2.28. The maximum absolute atomic E-state index is 10.6. The Balaban J connectivity index is 1.69. The van der Waals surface area contributed by atoms with E-state index in [0.29, 0.717) is 5.92 Å². The molecule has 1 saturated heterocycles. The number of hydrogen-bond acceptors (Lipinski definition) is 3. The molecule has 90 valence electrons. The Bertz CT molecular complexity index is 395. The third-order valence-corrected chi connectivity index (χ3v) is 3.71. The number of rotatable bonds is 3. The van der Waals surface area contributed by atoms with Crippen LogP contribution in [0, 0.1) is 5.92 Å². The van der Waals surface area contributed by atoms with E-state index >= 15 is 0 Å². The van der Waals surface area contributed by atoms with E-state index in [4.69, 9.17) is 4.74 Å². The Labute approximate surface area is 101 Å². The second-order valence-corrected chi connectivity index (χ2v) is 4.83. The number of ether oxygens (including phenoxy) is 1. The van der Waals surface area contributed by atoms with Crippen molar-refractivity contribution in [2.45, 2.75) is 12.3 Å². The summed E-state index contributed by atoms with van der Waals surface area (Å²) in [7, 11) is 0. The van der Waals surface area contributed by atoms with Crippen molar-refractivity contribution < 1.29 is 9.53 Å². The summed E-state index contributed by atoms with van der Waals surface area (Å²) in [6.45, 7) is 3.58. The van der Waals surface area contributed by atoms with Crippen LogP contribution in [0.25, 0.3) is 0 Å². The lowest BCUT2D eigenvalue weighted by atomic mass is 10.1. The first-order valence-electron chi connectivity index (χ1n) is 6.26. The molecule has 1 heterocycles. The minimum absolute atomic E-state index is 0.268. The van der Waals surface area contributed by atoms with Crippen molar-refractivity contribution >= 4 is 12.0 Å². The van der Waals surface area contributed by atoms with Crippen LogP contribution in [0.5, 0.6) is 0 Å². The molecular formula is C14H17NO2. The Kier molecular flexibility index (Phi) is 2.85. The fourth-order valence-corrected chi connectivity index (χ4v) is 2.50. The number of nitrogens with zero attached hydrogens (tertiary/aromatic N) is 1. The summed E-state index contributed by atoms with van der Waals surface area (Å²) in [5.41, 5.74) is 2.57. The summed E-state index contributed by atoms with van der Waals surface area (Å²) >= 11 is 0. The second kappa shape index (κ2) is 4.49. The van der Waals surface area contributed by atoms with Crippen molar-refractivity contribution in [2.24, 2.45) is 5.92 Å². The molecule has 1 aliphatic heterocycles. The molecule has 1 saturated carbocycles. The summed E-state index contributed by atoms with van der Waals surface area (Å²) in [6, 6.07) is 8.67. The first-order chi connectivity index (χ1) is 8.38. The topological polar surface area (TPSA) is 29.5 Å². The molecular weight excluding hydrogens is 214 g/mol. The van der Waals surface area contributed by atoms with E-state index in [2.05, 4.69) is 29.2 Å². The molecule has 0 bridgehead atoms. The third-order valence-electron chi connectivity index (χ3n) is 3.71. The molecule has 0 aromatic heterocycles. The van der Waals surface area contributed by atoms with Crippen LogP contribution in [-0.4, -0.2) is 32.6 Å². The number of morpholine rings is 1. The molecule has 1 aliphatic carbocycles.